The molecule has 0 bridgehead atoms. The maximum Gasteiger partial charge on any atom is 0.340 e. The van der Waals surface area contributed by atoms with Gasteiger partial charge in [-0.3, -0.25) is 0 Å². The topological polar surface area (TPSA) is 72.3 Å². The van der Waals surface area contributed by atoms with Gasteiger partial charge in [0.15, 0.2) is 0 Å². The smallest absolute Gasteiger partial charge is 0.340 e. The van der Waals surface area contributed by atoms with Crippen molar-refractivity contribution < 1.29 is 19.1 Å². The summed E-state index contributed by atoms with van der Waals surface area (Å²) in [6.07, 6.45) is 0. The number of rotatable bonds is 8. The van der Waals surface area contributed by atoms with Gasteiger partial charge < -0.3 is 27.7 Å². The molecule has 4 aromatic heterocycles. The number of ether oxygens (including phenoxy) is 2. The first-order valence-electron chi connectivity index (χ1n) is 26.1. The minimum Gasteiger partial charge on any atom is -0.465 e. The van der Waals surface area contributed by atoms with E-state index in [9.17, 15) is 9.59 Å². The predicted octanol–water partition coefficient (Wildman–Crippen LogP) is 17.0. The van der Waals surface area contributed by atoms with Crippen molar-refractivity contribution in [2.24, 2.45) is 0 Å². The molecule has 0 saturated heterocycles. The lowest BCUT2D eigenvalue weighted by Gasteiger charge is -2.19. The number of esters is 2. The van der Waals surface area contributed by atoms with Crippen LogP contribution in [-0.4, -0.2) is 44.4 Å². The second-order valence-corrected chi connectivity index (χ2v) is 19.9. The molecule has 78 heavy (non-hydrogen) atoms. The van der Waals surface area contributed by atoms with E-state index < -0.39 is 11.9 Å². The maximum atomic E-state index is 14.4. The summed E-state index contributed by atoms with van der Waals surface area (Å²) in [5.74, 6) is -1.08. The molecule has 11 aromatic carbocycles. The molecule has 0 radical (unpaired) electrons. The summed E-state index contributed by atoms with van der Waals surface area (Å²) in [7, 11) is 2.79. The third-order valence-electron chi connectivity index (χ3n) is 15.8. The Morgan fingerprint density at radius 3 is 0.833 bits per heavy atom. The zero-order chi connectivity index (χ0) is 52.2. The third-order valence-corrected chi connectivity index (χ3v) is 15.8. The molecule has 0 unspecified atom stereocenters. The van der Waals surface area contributed by atoms with Crippen molar-refractivity contribution in [2.75, 3.05) is 14.2 Å². The molecule has 15 aromatic rings. The van der Waals surface area contributed by atoms with Crippen molar-refractivity contribution in [3.63, 3.8) is 0 Å². The highest BCUT2D eigenvalue weighted by molar-refractivity contribution is 6.16. The van der Waals surface area contributed by atoms with Gasteiger partial charge in [-0.05, 0) is 131 Å². The molecular formula is C70H46N4O4. The van der Waals surface area contributed by atoms with E-state index in [0.717, 1.165) is 110 Å². The average molecular weight is 1010 g/mol. The Bertz CT molecular complexity index is 4670. The molecule has 0 aliphatic rings. The average Bonchev–Trinajstić information content (AvgIpc) is 4.44. The van der Waals surface area contributed by atoms with Crippen LogP contribution < -0.4 is 0 Å². The van der Waals surface area contributed by atoms with Crippen LogP contribution in [0, 0.1) is 0 Å². The molecule has 0 N–H and O–H groups in total. The van der Waals surface area contributed by atoms with E-state index in [0.29, 0.717) is 11.4 Å². The van der Waals surface area contributed by atoms with Gasteiger partial charge in [-0.2, -0.15) is 0 Å². The van der Waals surface area contributed by atoms with E-state index in [-0.39, 0.29) is 11.1 Å². The molecule has 4 heterocycles. The molecule has 0 aliphatic heterocycles. The first-order chi connectivity index (χ1) is 38.4. The minimum atomic E-state index is -0.541. The van der Waals surface area contributed by atoms with Crippen LogP contribution in [0.15, 0.2) is 243 Å². The van der Waals surface area contributed by atoms with Gasteiger partial charge in [0.05, 0.1) is 80.9 Å². The summed E-state index contributed by atoms with van der Waals surface area (Å²) < 4.78 is 20.0. The highest BCUT2D eigenvalue weighted by atomic mass is 16.5. The molecule has 0 fully saturated rings. The molecule has 8 heteroatoms. The van der Waals surface area contributed by atoms with Crippen LogP contribution in [0.4, 0.5) is 0 Å². The number of fused-ring (bicyclic) bond motifs is 12. The van der Waals surface area contributed by atoms with Gasteiger partial charge in [0, 0.05) is 54.5 Å². The Balaban J connectivity index is 0.893. The van der Waals surface area contributed by atoms with Crippen LogP contribution in [0.5, 0.6) is 0 Å². The van der Waals surface area contributed by atoms with Crippen molar-refractivity contribution in [3.05, 3.63) is 254 Å². The number of hydrogen-bond acceptors (Lipinski definition) is 4. The van der Waals surface area contributed by atoms with E-state index in [1.54, 1.807) is 12.1 Å². The molecule has 0 amide bonds. The summed E-state index contributed by atoms with van der Waals surface area (Å²) >= 11 is 0. The molecule has 15 rings (SSSR count). The molecule has 0 saturated carbocycles. The normalized spacial score (nSPS) is 11.8. The summed E-state index contributed by atoms with van der Waals surface area (Å²) in [5, 5.41) is 8.67. The van der Waals surface area contributed by atoms with Crippen LogP contribution in [0.25, 0.3) is 132 Å². The second-order valence-electron chi connectivity index (χ2n) is 19.9. The maximum absolute atomic E-state index is 14.4. The zero-order valence-corrected chi connectivity index (χ0v) is 42.5. The van der Waals surface area contributed by atoms with Crippen molar-refractivity contribution in [3.8, 4) is 45.0 Å². The van der Waals surface area contributed by atoms with Crippen LogP contribution >= 0.6 is 0 Å². The van der Waals surface area contributed by atoms with E-state index >= 15 is 0 Å². The van der Waals surface area contributed by atoms with Crippen LogP contribution in [-0.2, 0) is 9.47 Å². The lowest BCUT2D eigenvalue weighted by atomic mass is 10.0. The number of benzene rings is 11. The van der Waals surface area contributed by atoms with Gasteiger partial charge in [0.1, 0.15) is 0 Å². The lowest BCUT2D eigenvalue weighted by Crippen LogP contribution is -2.14. The number of aromatic nitrogens is 4. The number of para-hydroxylation sites is 6. The van der Waals surface area contributed by atoms with Crippen LogP contribution in [0.3, 0.4) is 0 Å². The number of methoxy groups -OCH3 is 2. The van der Waals surface area contributed by atoms with Gasteiger partial charge in [0.25, 0.3) is 0 Å². The first kappa shape index (κ1) is 45.0. The second kappa shape index (κ2) is 17.6. The van der Waals surface area contributed by atoms with Crippen molar-refractivity contribution >= 4 is 99.2 Å². The fourth-order valence-electron chi connectivity index (χ4n) is 12.3. The third kappa shape index (κ3) is 6.73. The minimum absolute atomic E-state index is 0.290. The Kier molecular flexibility index (Phi) is 10.1. The molecule has 8 nitrogen and oxygen atoms in total. The molecule has 0 aliphatic carbocycles. The fourth-order valence-corrected chi connectivity index (χ4v) is 12.3. The highest BCUT2D eigenvalue weighted by Crippen LogP contribution is 2.43. The van der Waals surface area contributed by atoms with Crippen molar-refractivity contribution in [1.29, 1.82) is 0 Å². The Hall–Kier alpha value is -10.4. The van der Waals surface area contributed by atoms with E-state index in [2.05, 4.69) is 212 Å². The lowest BCUT2D eigenvalue weighted by molar-refractivity contribution is 0.0586. The largest absolute Gasteiger partial charge is 0.465 e. The molecule has 0 spiro atoms. The van der Waals surface area contributed by atoms with Crippen LogP contribution in [0.2, 0.25) is 0 Å². The predicted molar refractivity (Wildman–Crippen MR) is 317 cm³/mol. The quantitative estimate of drug-likeness (QED) is 0.142. The van der Waals surface area contributed by atoms with Gasteiger partial charge in [-0.15, -0.1) is 0 Å². The zero-order valence-electron chi connectivity index (χ0n) is 42.5. The monoisotopic (exact) mass is 1010 g/mol. The van der Waals surface area contributed by atoms with Crippen molar-refractivity contribution in [2.45, 2.75) is 0 Å². The van der Waals surface area contributed by atoms with Gasteiger partial charge in [0.2, 0.25) is 0 Å². The summed E-state index contributed by atoms with van der Waals surface area (Å²) in [6, 6.07) is 84.4. The number of nitrogens with zero attached hydrogens (tertiary/aromatic N) is 4. The first-order valence-corrected chi connectivity index (χ1v) is 26.1. The summed E-state index contributed by atoms with van der Waals surface area (Å²) in [6.45, 7) is 0. The van der Waals surface area contributed by atoms with Gasteiger partial charge in [-0.25, -0.2) is 9.59 Å². The SMILES string of the molecule is COC(=O)c1cc(-n2c3ccccc3c3cc(-c4ccc5c(c4)c4ccccc4n5-c4ccccc4)ccc32)c(C(=O)OC)cc1-n1c2ccccc2c2cc(-c3ccc4c(c3)c3ccccc3n4-c3ccccc3)ccc21. The summed E-state index contributed by atoms with van der Waals surface area (Å²) in [4.78, 5) is 28.9. The highest BCUT2D eigenvalue weighted by Gasteiger charge is 2.27. The number of carbonyl (C=O) groups is 2. The van der Waals surface area contributed by atoms with E-state index in [1.165, 1.54) is 25.0 Å². The molecular weight excluding hydrogens is 961 g/mol. The number of carbonyl (C=O) groups excluding carboxylic acids is 2. The van der Waals surface area contributed by atoms with Crippen molar-refractivity contribution in [1.82, 2.24) is 18.3 Å². The van der Waals surface area contributed by atoms with Crippen LogP contribution in [0.1, 0.15) is 20.7 Å². The Morgan fingerprint density at radius 1 is 0.269 bits per heavy atom. The fraction of sp³-hybridized carbons (Fsp3) is 0.0286. The van der Waals surface area contributed by atoms with Gasteiger partial charge >= 0.3 is 11.9 Å². The summed E-state index contributed by atoms with van der Waals surface area (Å²) in [5.41, 5.74) is 16.1. The van der Waals surface area contributed by atoms with Gasteiger partial charge in [-0.1, -0.05) is 133 Å². The van der Waals surface area contributed by atoms with E-state index in [4.69, 9.17) is 9.47 Å². The Labute approximate surface area is 447 Å². The van der Waals surface area contributed by atoms with E-state index in [1.807, 2.05) is 36.4 Å². The molecule has 0 atom stereocenters. The number of hydrogen-bond donors (Lipinski definition) is 0. The Morgan fingerprint density at radius 2 is 0.526 bits per heavy atom. The standard InChI is InChI=1S/C70H46N4O4/c1-77-69(75)57-41-68(74-62-28-16-12-24-52(62)56-40-46(32-36-66(56)74)44-30-34-64-54(38-44)50-22-10-14-26-60(50)72(64)48-19-7-4-8-20-48)58(70(76)78-2)42-67(57)73-61-27-15-11-23-51(61)55-39-45(31-35-65(55)73)43-29-33-63-53(37-43)49-21-9-13-25-59(49)71(63)47-17-5-3-6-18-47/h3-42H,1-2H3. The molecule has 370 valence electrons.